The molecule has 4 heterocycles. The van der Waals surface area contributed by atoms with Crippen LogP contribution in [0.4, 0.5) is 5.82 Å². The lowest BCUT2D eigenvalue weighted by molar-refractivity contribution is -0.207. The Morgan fingerprint density at radius 2 is 1.81 bits per heavy atom. The maximum absolute atomic E-state index is 14.0. The van der Waals surface area contributed by atoms with Gasteiger partial charge in [-0.15, -0.1) is 6.58 Å². The lowest BCUT2D eigenvalue weighted by Gasteiger charge is -2.61. The summed E-state index contributed by atoms with van der Waals surface area (Å²) in [6, 6.07) is -0.102. The second-order valence-electron chi connectivity index (χ2n) is 17.8. The van der Waals surface area contributed by atoms with Crippen molar-refractivity contribution in [2.75, 3.05) is 37.6 Å². The number of piperazine rings is 1. The highest BCUT2D eigenvalue weighted by Crippen LogP contribution is 2.68. The van der Waals surface area contributed by atoms with Gasteiger partial charge in [-0.05, 0) is 63.2 Å². The van der Waals surface area contributed by atoms with Gasteiger partial charge in [-0.25, -0.2) is 15.0 Å². The highest BCUT2D eigenvalue weighted by atomic mass is 16.5. The molecule has 13 nitrogen and oxygen atoms in total. The lowest BCUT2D eigenvalue weighted by Crippen LogP contribution is -2.63. The second-order valence-corrected chi connectivity index (χ2v) is 17.8. The lowest BCUT2D eigenvalue weighted by atomic mass is 9.44. The van der Waals surface area contributed by atoms with Gasteiger partial charge in [-0.1, -0.05) is 33.8 Å². The van der Waals surface area contributed by atoms with Crippen molar-refractivity contribution >= 4 is 34.6 Å². The number of aryl methyl sites for hydroxylation is 1. The standard InChI is InChI=1S/C40H60N8O5/c1-8-38(6)17-30(39(7)24(2)9-13-40(27(5)35(38)52)14-10-29(49)34(39)40)53-32(51)21-45-18-25(3)48(26(4)19-45)31(50)12-16-47-23-44-33-36(42-22-43-37(33)47)46-15-11-28(41)20-46/h8,22-28,30,34-35,52H,1,9-21,41H2,2-7H3/t24-,25?,26?,27+,28?,30-,34-,35+,38-,39+,40+/m1/s1. The van der Waals surface area contributed by atoms with Gasteiger partial charge in [0.2, 0.25) is 5.91 Å². The molecule has 3 aliphatic carbocycles. The van der Waals surface area contributed by atoms with Gasteiger partial charge in [-0.2, -0.15) is 0 Å². The Kier molecular flexibility index (Phi) is 10.0. The molecule has 0 radical (unpaired) electrons. The van der Waals surface area contributed by atoms with Crippen LogP contribution in [0.25, 0.3) is 11.2 Å². The van der Waals surface area contributed by atoms with Gasteiger partial charge in [0.1, 0.15) is 18.2 Å². The zero-order valence-electron chi connectivity index (χ0n) is 32.5. The van der Waals surface area contributed by atoms with E-state index in [0.29, 0.717) is 44.5 Å². The molecule has 53 heavy (non-hydrogen) atoms. The Bertz CT molecular complexity index is 1740. The van der Waals surface area contributed by atoms with E-state index in [1.54, 1.807) is 12.7 Å². The number of Topliss-reactive ketones (excluding diaryl/α,β-unsaturated/α-hetero) is 1. The molecule has 2 bridgehead atoms. The molecule has 11 atom stereocenters. The molecule has 1 amide bonds. The number of carbonyl (C=O) groups excluding carboxylic acids is 3. The van der Waals surface area contributed by atoms with Crippen LogP contribution >= 0.6 is 0 Å². The summed E-state index contributed by atoms with van der Waals surface area (Å²) in [6.45, 7) is 19.9. The minimum Gasteiger partial charge on any atom is -0.461 e. The molecule has 5 aliphatic rings. The fraction of sp³-hybridized carbons (Fsp3) is 0.750. The quantitative estimate of drug-likeness (QED) is 0.302. The van der Waals surface area contributed by atoms with Crippen molar-refractivity contribution in [2.24, 2.45) is 39.7 Å². The van der Waals surface area contributed by atoms with E-state index in [1.165, 1.54) is 0 Å². The number of carbonyl (C=O) groups is 3. The number of imidazole rings is 1. The molecule has 2 aromatic heterocycles. The molecule has 13 heteroatoms. The van der Waals surface area contributed by atoms with E-state index in [4.69, 9.17) is 10.5 Å². The third-order valence-electron chi connectivity index (χ3n) is 14.7. The first-order valence-electron chi connectivity index (χ1n) is 19.9. The van der Waals surface area contributed by atoms with Gasteiger partial charge in [-0.3, -0.25) is 19.3 Å². The van der Waals surface area contributed by atoms with Gasteiger partial charge in [0.05, 0.1) is 19.0 Å². The maximum Gasteiger partial charge on any atom is 0.320 e. The number of hydrogen-bond donors (Lipinski definition) is 2. The molecule has 290 valence electrons. The first kappa shape index (κ1) is 37.9. The van der Waals surface area contributed by atoms with Crippen molar-refractivity contribution in [3.8, 4) is 0 Å². The van der Waals surface area contributed by atoms with Crippen LogP contribution in [0.1, 0.15) is 86.5 Å². The number of aliphatic hydroxyl groups excluding tert-OH is 1. The third-order valence-corrected chi connectivity index (χ3v) is 14.7. The Morgan fingerprint density at radius 3 is 2.49 bits per heavy atom. The number of fused-ring (bicyclic) bond motifs is 1. The maximum atomic E-state index is 14.0. The number of ether oxygens (including phenoxy) is 1. The van der Waals surface area contributed by atoms with Crippen molar-refractivity contribution in [1.82, 2.24) is 29.3 Å². The summed E-state index contributed by atoms with van der Waals surface area (Å²) in [5.41, 5.74) is 6.01. The fourth-order valence-corrected chi connectivity index (χ4v) is 11.5. The highest BCUT2D eigenvalue weighted by molar-refractivity contribution is 5.86. The van der Waals surface area contributed by atoms with Gasteiger partial charge >= 0.3 is 5.97 Å². The average Bonchev–Trinajstić information content (AvgIpc) is 3.84. The van der Waals surface area contributed by atoms with E-state index in [-0.39, 0.29) is 65.5 Å². The van der Waals surface area contributed by atoms with Crippen molar-refractivity contribution in [1.29, 1.82) is 0 Å². The molecule has 3 saturated carbocycles. The van der Waals surface area contributed by atoms with E-state index in [0.717, 1.165) is 50.1 Å². The summed E-state index contributed by atoms with van der Waals surface area (Å²) < 4.78 is 8.44. The predicted octanol–water partition coefficient (Wildman–Crippen LogP) is 3.58. The predicted molar refractivity (Wildman–Crippen MR) is 202 cm³/mol. The molecule has 3 N–H and O–H groups in total. The highest BCUT2D eigenvalue weighted by Gasteiger charge is 2.68. The van der Waals surface area contributed by atoms with Gasteiger partial charge in [0.25, 0.3) is 0 Å². The SMILES string of the molecule is C=C[C@]1(C)C[C@@H](OC(=O)CN2CC(C)N(C(=O)CCn3cnc4c(N5CCC(N)C5)ncnc43)C(C)C2)[C@]2(C)[C@H](C)CC[C@]3(CCC(=O)[C@@H]32)[C@@H](C)[C@@H]1O. The first-order valence-corrected chi connectivity index (χ1v) is 19.9. The molecule has 2 saturated heterocycles. The van der Waals surface area contributed by atoms with Gasteiger partial charge in [0, 0.05) is 80.4 Å². The van der Waals surface area contributed by atoms with Crippen LogP contribution in [-0.2, 0) is 25.7 Å². The van der Waals surface area contributed by atoms with Gasteiger partial charge in [0.15, 0.2) is 17.0 Å². The zero-order chi connectivity index (χ0) is 38.0. The molecule has 2 aromatic rings. The summed E-state index contributed by atoms with van der Waals surface area (Å²) >= 11 is 0. The summed E-state index contributed by atoms with van der Waals surface area (Å²) in [6.07, 6.45) is 8.59. The fourth-order valence-electron chi connectivity index (χ4n) is 11.5. The largest absolute Gasteiger partial charge is 0.461 e. The molecule has 0 spiro atoms. The van der Waals surface area contributed by atoms with Crippen molar-refractivity contribution in [2.45, 2.75) is 123 Å². The van der Waals surface area contributed by atoms with Crippen LogP contribution in [0, 0.1) is 34.0 Å². The topological polar surface area (TPSA) is 160 Å². The number of nitrogens with zero attached hydrogens (tertiary/aromatic N) is 7. The number of nitrogens with two attached hydrogens (primary N) is 1. The Labute approximate surface area is 313 Å². The Morgan fingerprint density at radius 1 is 1.08 bits per heavy atom. The molecule has 7 rings (SSSR count). The van der Waals surface area contributed by atoms with Crippen LogP contribution in [0.3, 0.4) is 0 Å². The number of esters is 1. The van der Waals surface area contributed by atoms with E-state index in [2.05, 4.69) is 52.1 Å². The molecular formula is C40H60N8O5. The number of aromatic nitrogens is 4. The van der Waals surface area contributed by atoms with Gasteiger partial charge < -0.3 is 29.9 Å². The van der Waals surface area contributed by atoms with E-state index in [1.807, 2.05) is 36.3 Å². The number of anilines is 1. The van der Waals surface area contributed by atoms with Crippen molar-refractivity contribution in [3.63, 3.8) is 0 Å². The van der Waals surface area contributed by atoms with E-state index >= 15 is 0 Å². The number of ketones is 1. The average molecular weight is 733 g/mol. The molecule has 2 aliphatic heterocycles. The first-order chi connectivity index (χ1) is 25.1. The monoisotopic (exact) mass is 732 g/mol. The third kappa shape index (κ3) is 6.28. The minimum absolute atomic E-state index is 0.0452. The van der Waals surface area contributed by atoms with Crippen LogP contribution in [0.2, 0.25) is 0 Å². The summed E-state index contributed by atoms with van der Waals surface area (Å²) in [4.78, 5) is 61.2. The molecular weight excluding hydrogens is 672 g/mol. The second kappa shape index (κ2) is 14.0. The van der Waals surface area contributed by atoms with Crippen LogP contribution in [0.5, 0.6) is 0 Å². The summed E-state index contributed by atoms with van der Waals surface area (Å²) in [5.74, 6) is 0.578. The number of amides is 1. The Balaban J connectivity index is 1.01. The zero-order valence-corrected chi connectivity index (χ0v) is 32.5. The van der Waals surface area contributed by atoms with Crippen LogP contribution in [0.15, 0.2) is 25.3 Å². The summed E-state index contributed by atoms with van der Waals surface area (Å²) in [5, 5.41) is 11.9. The number of aliphatic hydroxyl groups is 1. The van der Waals surface area contributed by atoms with E-state index < -0.39 is 23.0 Å². The van der Waals surface area contributed by atoms with Crippen LogP contribution in [-0.4, -0.2) is 115 Å². The smallest absolute Gasteiger partial charge is 0.320 e. The van der Waals surface area contributed by atoms with Crippen molar-refractivity contribution < 1.29 is 24.2 Å². The number of rotatable bonds is 8. The van der Waals surface area contributed by atoms with E-state index in [9.17, 15) is 19.5 Å². The normalized spacial score (nSPS) is 39.1. The molecule has 5 fully saturated rings. The minimum atomic E-state index is -0.701. The summed E-state index contributed by atoms with van der Waals surface area (Å²) in [7, 11) is 0. The van der Waals surface area contributed by atoms with Crippen molar-refractivity contribution in [3.05, 3.63) is 25.3 Å². The number of hydrogen-bond acceptors (Lipinski definition) is 11. The molecule has 3 unspecified atom stereocenters. The Hall–Kier alpha value is -3.42. The molecule has 0 aromatic carbocycles. The van der Waals surface area contributed by atoms with Crippen LogP contribution < -0.4 is 10.6 Å².